The van der Waals surface area contributed by atoms with Gasteiger partial charge in [0.25, 0.3) is 0 Å². The number of benzene rings is 1. The first-order chi connectivity index (χ1) is 20.1. The van der Waals surface area contributed by atoms with E-state index in [9.17, 15) is 8.42 Å². The normalized spacial score (nSPS) is 36.0. The van der Waals surface area contributed by atoms with Crippen molar-refractivity contribution in [2.24, 2.45) is 17.3 Å². The van der Waals surface area contributed by atoms with Gasteiger partial charge >= 0.3 is 0 Å². The molecule has 4 bridgehead atoms. The van der Waals surface area contributed by atoms with Gasteiger partial charge in [-0.1, -0.05) is 38.5 Å². The number of nitrogens with zero attached hydrogens (tertiary/aromatic N) is 1. The smallest absolute Gasteiger partial charge is 0.215 e. The maximum Gasteiger partial charge on any atom is 0.215 e. The first-order valence-electron chi connectivity index (χ1n) is 17.0. The van der Waals surface area contributed by atoms with Crippen LogP contribution in [0.15, 0.2) is 18.2 Å². The number of nitrogens with one attached hydrogen (secondary N) is 3. The SMILES string of the molecule is Cc1cccc(C)c1C1CC2CC(N1)NS(=O)(=O)C1CCCC(C1)CN(C1CC3(CCNCC3)C1)[C@H](CC(C)C)CO2. The van der Waals surface area contributed by atoms with Gasteiger partial charge in [0, 0.05) is 31.1 Å². The van der Waals surface area contributed by atoms with Gasteiger partial charge in [-0.2, -0.15) is 4.72 Å². The van der Waals surface area contributed by atoms with Crippen molar-refractivity contribution in [3.63, 3.8) is 0 Å². The number of sulfonamides is 1. The Morgan fingerprint density at radius 3 is 2.50 bits per heavy atom. The Hall–Kier alpha value is -1.03. The zero-order chi connectivity index (χ0) is 29.5. The minimum Gasteiger partial charge on any atom is -0.376 e. The fourth-order valence-corrected chi connectivity index (χ4v) is 11.1. The van der Waals surface area contributed by atoms with E-state index in [1.807, 2.05) is 0 Å². The van der Waals surface area contributed by atoms with Crippen molar-refractivity contribution in [2.75, 3.05) is 26.2 Å². The number of fused-ring (bicyclic) bond motifs is 4. The number of rotatable bonds is 4. The minimum atomic E-state index is -3.45. The molecule has 3 saturated heterocycles. The lowest BCUT2D eigenvalue weighted by Crippen LogP contribution is -2.59. The molecular weight excluding hydrogens is 544 g/mol. The fraction of sp³-hybridized carbons (Fsp3) is 0.824. The quantitative estimate of drug-likeness (QED) is 0.442. The lowest BCUT2D eigenvalue weighted by atomic mass is 9.60. The highest BCUT2D eigenvalue weighted by molar-refractivity contribution is 7.90. The Kier molecular flexibility index (Phi) is 9.41. The summed E-state index contributed by atoms with van der Waals surface area (Å²) in [7, 11) is -3.45. The molecule has 8 heteroatoms. The van der Waals surface area contributed by atoms with Gasteiger partial charge in [0.05, 0.1) is 24.1 Å². The van der Waals surface area contributed by atoms with Crippen molar-refractivity contribution in [1.82, 2.24) is 20.3 Å². The third kappa shape index (κ3) is 6.79. The Morgan fingerprint density at radius 1 is 1.05 bits per heavy atom. The van der Waals surface area contributed by atoms with Crippen LogP contribution in [0.4, 0.5) is 0 Å². The second-order valence-electron chi connectivity index (χ2n) is 15.1. The van der Waals surface area contributed by atoms with E-state index in [-0.39, 0.29) is 23.6 Å². The van der Waals surface area contributed by atoms with E-state index in [1.165, 1.54) is 42.4 Å². The second-order valence-corrected chi connectivity index (χ2v) is 17.1. The molecule has 5 fully saturated rings. The van der Waals surface area contributed by atoms with Crippen LogP contribution in [-0.2, 0) is 14.8 Å². The molecule has 2 aliphatic carbocycles. The standard InChI is InChI=1S/C34H56N4O3S/c1-23(2)15-27-22-41-29-17-31(33-24(3)7-5-8-25(33)4)36-32(18-29)37-42(39,40)30-10-6-9-26(16-30)21-38(27)28-19-34(20-28)11-13-35-14-12-34/h5,7-8,23,26-32,35-37H,6,9-22H2,1-4H3/t26?,27-,29?,30?,31?,32?/m1/s1. The topological polar surface area (TPSA) is 82.7 Å². The highest BCUT2D eigenvalue weighted by Crippen LogP contribution is 2.51. The molecular formula is C34H56N4O3S. The monoisotopic (exact) mass is 600 g/mol. The van der Waals surface area contributed by atoms with Crippen molar-refractivity contribution in [3.8, 4) is 0 Å². The molecule has 0 radical (unpaired) electrons. The van der Waals surface area contributed by atoms with Gasteiger partial charge in [0.1, 0.15) is 0 Å². The van der Waals surface area contributed by atoms with E-state index in [2.05, 4.69) is 66.1 Å². The average Bonchev–Trinajstić information content (AvgIpc) is 2.93. The van der Waals surface area contributed by atoms with Crippen LogP contribution in [0.3, 0.4) is 0 Å². The van der Waals surface area contributed by atoms with Crippen LogP contribution < -0.4 is 15.4 Å². The summed E-state index contributed by atoms with van der Waals surface area (Å²) < 4.78 is 37.8. The van der Waals surface area contributed by atoms with Gasteiger partial charge in [-0.15, -0.1) is 0 Å². The van der Waals surface area contributed by atoms with E-state index in [4.69, 9.17) is 4.74 Å². The van der Waals surface area contributed by atoms with Crippen LogP contribution in [0.2, 0.25) is 0 Å². The maximum atomic E-state index is 13.9. The summed E-state index contributed by atoms with van der Waals surface area (Å²) in [5, 5.41) is 6.98. The molecule has 6 atom stereocenters. The summed E-state index contributed by atoms with van der Waals surface area (Å²) in [6.45, 7) is 13.1. The lowest BCUT2D eigenvalue weighted by Gasteiger charge is -2.56. The summed E-state index contributed by atoms with van der Waals surface area (Å²) in [6.07, 6.45) is 11.2. The van der Waals surface area contributed by atoms with Crippen molar-refractivity contribution >= 4 is 10.0 Å². The molecule has 3 aliphatic heterocycles. The van der Waals surface area contributed by atoms with Crippen LogP contribution in [0.5, 0.6) is 0 Å². The van der Waals surface area contributed by atoms with Gasteiger partial charge in [0.2, 0.25) is 10.0 Å². The third-order valence-electron chi connectivity index (χ3n) is 11.4. The molecule has 1 spiro atoms. The molecule has 7 nitrogen and oxygen atoms in total. The number of hydrogen-bond donors (Lipinski definition) is 3. The predicted molar refractivity (Wildman–Crippen MR) is 170 cm³/mol. The zero-order valence-corrected chi connectivity index (χ0v) is 27.4. The first-order valence-corrected chi connectivity index (χ1v) is 18.6. The Bertz CT molecular complexity index is 1150. The van der Waals surface area contributed by atoms with Gasteiger partial charge < -0.3 is 10.1 Å². The Morgan fingerprint density at radius 2 is 1.79 bits per heavy atom. The molecule has 3 N–H and O–H groups in total. The van der Waals surface area contributed by atoms with Crippen molar-refractivity contribution in [2.45, 2.75) is 134 Å². The molecule has 3 heterocycles. The highest BCUT2D eigenvalue weighted by Gasteiger charge is 2.49. The third-order valence-corrected chi connectivity index (χ3v) is 13.4. The zero-order valence-electron chi connectivity index (χ0n) is 26.5. The molecule has 2 saturated carbocycles. The molecule has 42 heavy (non-hydrogen) atoms. The Labute approximate surface area is 255 Å². The van der Waals surface area contributed by atoms with E-state index in [0.717, 1.165) is 64.8 Å². The number of ether oxygens (including phenoxy) is 1. The van der Waals surface area contributed by atoms with Gasteiger partial charge in [-0.05, 0) is 119 Å². The van der Waals surface area contributed by atoms with E-state index >= 15 is 0 Å². The van der Waals surface area contributed by atoms with Crippen LogP contribution in [0, 0.1) is 31.1 Å². The van der Waals surface area contributed by atoms with Crippen LogP contribution in [0.1, 0.15) is 107 Å². The molecule has 0 aromatic heterocycles. The molecule has 236 valence electrons. The van der Waals surface area contributed by atoms with Crippen LogP contribution in [0.25, 0.3) is 0 Å². The van der Waals surface area contributed by atoms with Gasteiger partial charge in [-0.25, -0.2) is 8.42 Å². The van der Waals surface area contributed by atoms with Crippen molar-refractivity contribution < 1.29 is 13.2 Å². The minimum absolute atomic E-state index is 0.0109. The van der Waals surface area contributed by atoms with Crippen LogP contribution >= 0.6 is 0 Å². The molecule has 6 rings (SSSR count). The maximum absolute atomic E-state index is 13.9. The number of aryl methyl sites for hydroxylation is 2. The summed E-state index contributed by atoms with van der Waals surface area (Å²) in [6, 6.07) is 7.49. The fourth-order valence-electron chi connectivity index (χ4n) is 9.31. The summed E-state index contributed by atoms with van der Waals surface area (Å²) in [5.74, 6) is 1.02. The highest BCUT2D eigenvalue weighted by atomic mass is 32.2. The first kappa shape index (κ1) is 31.0. The van der Waals surface area contributed by atoms with Crippen molar-refractivity contribution in [1.29, 1.82) is 0 Å². The van der Waals surface area contributed by atoms with E-state index in [1.54, 1.807) is 0 Å². The van der Waals surface area contributed by atoms with Gasteiger partial charge in [-0.3, -0.25) is 10.2 Å². The molecule has 0 amide bonds. The summed E-state index contributed by atoms with van der Waals surface area (Å²) >= 11 is 0. The van der Waals surface area contributed by atoms with Crippen LogP contribution in [-0.4, -0.2) is 69.2 Å². The van der Waals surface area contributed by atoms with Gasteiger partial charge in [0.15, 0.2) is 0 Å². The number of hydrogen-bond acceptors (Lipinski definition) is 6. The Balaban J connectivity index is 1.30. The van der Waals surface area contributed by atoms with Crippen molar-refractivity contribution in [3.05, 3.63) is 34.9 Å². The second kappa shape index (κ2) is 12.8. The molecule has 1 aromatic carbocycles. The van der Waals surface area contributed by atoms with E-state index in [0.29, 0.717) is 35.8 Å². The van der Waals surface area contributed by atoms with E-state index < -0.39 is 10.0 Å². The summed E-state index contributed by atoms with van der Waals surface area (Å²) in [5.41, 5.74) is 4.31. The lowest BCUT2D eigenvalue weighted by molar-refractivity contribution is -0.0823. The molecule has 5 aliphatic rings. The molecule has 1 aromatic rings. The average molecular weight is 601 g/mol. The number of piperidine rings is 2. The predicted octanol–water partition coefficient (Wildman–Crippen LogP) is 5.18. The summed E-state index contributed by atoms with van der Waals surface area (Å²) in [4.78, 5) is 2.83. The molecule has 5 unspecified atom stereocenters. The largest absolute Gasteiger partial charge is 0.376 e.